The summed E-state index contributed by atoms with van der Waals surface area (Å²) in [6.07, 6.45) is 0. The van der Waals surface area contributed by atoms with Gasteiger partial charge in [-0.2, -0.15) is 0 Å². The van der Waals surface area contributed by atoms with E-state index in [9.17, 15) is 14.3 Å². The van der Waals surface area contributed by atoms with E-state index in [-0.39, 0.29) is 30.3 Å². The molecular formula is C23H18ClFN2O4. The van der Waals surface area contributed by atoms with Gasteiger partial charge in [-0.05, 0) is 55.0 Å². The molecule has 0 saturated heterocycles. The lowest BCUT2D eigenvalue weighted by Crippen LogP contribution is -2.04. The molecule has 0 atom stereocenters. The molecule has 8 heteroatoms. The number of aromatic carboxylic acids is 1. The molecule has 6 nitrogen and oxygen atoms in total. The van der Waals surface area contributed by atoms with Crippen molar-refractivity contribution in [3.05, 3.63) is 88.0 Å². The van der Waals surface area contributed by atoms with Crippen LogP contribution in [0.25, 0.3) is 11.0 Å². The number of hydrogen-bond donors (Lipinski definition) is 2. The number of benzene rings is 3. The Kier molecular flexibility index (Phi) is 5.77. The molecule has 1 heterocycles. The molecule has 0 unspecified atom stereocenters. The fraction of sp³-hybridized carbons (Fsp3) is 0.130. The number of carboxylic acids is 1. The minimum absolute atomic E-state index is 0.0599. The van der Waals surface area contributed by atoms with Crippen LogP contribution in [0.3, 0.4) is 0 Å². The van der Waals surface area contributed by atoms with Gasteiger partial charge in [0.05, 0.1) is 16.6 Å². The zero-order chi connectivity index (χ0) is 22.0. The van der Waals surface area contributed by atoms with E-state index < -0.39 is 5.97 Å². The molecule has 0 saturated carbocycles. The Bertz CT molecular complexity index is 1270. The molecule has 4 aromatic rings. The number of aromatic amines is 1. The molecule has 0 radical (unpaired) electrons. The van der Waals surface area contributed by atoms with E-state index in [1.165, 1.54) is 30.3 Å². The van der Waals surface area contributed by atoms with Crippen LogP contribution in [0.4, 0.5) is 4.39 Å². The first-order valence-electron chi connectivity index (χ1n) is 9.41. The number of ether oxygens (including phenoxy) is 2. The van der Waals surface area contributed by atoms with Crippen LogP contribution in [0.1, 0.15) is 27.3 Å². The first kappa shape index (κ1) is 20.7. The summed E-state index contributed by atoms with van der Waals surface area (Å²) in [6, 6.07) is 14.2. The Labute approximate surface area is 182 Å². The minimum atomic E-state index is -1.08. The maximum Gasteiger partial charge on any atom is 0.335 e. The second-order valence-corrected chi connectivity index (χ2v) is 7.39. The van der Waals surface area contributed by atoms with E-state index in [2.05, 4.69) is 9.97 Å². The summed E-state index contributed by atoms with van der Waals surface area (Å²) >= 11 is 6.26. The number of H-pyrrole nitrogens is 1. The van der Waals surface area contributed by atoms with Crippen LogP contribution in [0, 0.1) is 12.7 Å². The highest BCUT2D eigenvalue weighted by Gasteiger charge is 2.13. The van der Waals surface area contributed by atoms with E-state index in [1.54, 1.807) is 6.07 Å². The van der Waals surface area contributed by atoms with Crippen LogP contribution >= 0.6 is 11.6 Å². The van der Waals surface area contributed by atoms with E-state index in [1.807, 2.05) is 25.1 Å². The lowest BCUT2D eigenvalue weighted by Gasteiger charge is -2.14. The topological polar surface area (TPSA) is 84.4 Å². The summed E-state index contributed by atoms with van der Waals surface area (Å²) in [5.41, 5.74) is 3.03. The molecule has 2 N–H and O–H groups in total. The number of aryl methyl sites for hydroxylation is 1. The second-order valence-electron chi connectivity index (χ2n) is 6.98. The Morgan fingerprint density at radius 2 is 1.87 bits per heavy atom. The maximum atomic E-state index is 13.4. The quantitative estimate of drug-likeness (QED) is 0.395. The summed E-state index contributed by atoms with van der Waals surface area (Å²) < 4.78 is 25.0. The average Bonchev–Trinajstić information content (AvgIpc) is 3.13. The standard InChI is InChI=1S/C23H18ClFN2O4/c1-13-2-3-15(17(24)8-13)11-30-21-9-14(23(28)29)4-7-20(21)31-12-22-26-18-6-5-16(25)10-19(18)27-22/h2-10H,11-12H2,1H3,(H,26,27)(H,28,29). The Morgan fingerprint density at radius 1 is 1.06 bits per heavy atom. The van der Waals surface area contributed by atoms with Crippen molar-refractivity contribution in [2.75, 3.05) is 0 Å². The largest absolute Gasteiger partial charge is 0.485 e. The number of halogens is 2. The monoisotopic (exact) mass is 440 g/mol. The second kappa shape index (κ2) is 8.65. The number of hydrogen-bond acceptors (Lipinski definition) is 4. The number of carboxylic acid groups (broad SMARTS) is 1. The van der Waals surface area contributed by atoms with E-state index in [0.29, 0.717) is 27.6 Å². The molecule has 0 aliphatic rings. The van der Waals surface area contributed by atoms with Crippen molar-refractivity contribution in [3.8, 4) is 11.5 Å². The first-order valence-corrected chi connectivity index (χ1v) is 9.79. The third-order valence-electron chi connectivity index (χ3n) is 4.64. The maximum absolute atomic E-state index is 13.4. The lowest BCUT2D eigenvalue weighted by molar-refractivity contribution is 0.0696. The van der Waals surface area contributed by atoms with Crippen molar-refractivity contribution in [2.24, 2.45) is 0 Å². The number of rotatable bonds is 7. The molecule has 31 heavy (non-hydrogen) atoms. The minimum Gasteiger partial charge on any atom is -0.485 e. The van der Waals surface area contributed by atoms with Gasteiger partial charge in [0, 0.05) is 10.6 Å². The van der Waals surface area contributed by atoms with Gasteiger partial charge < -0.3 is 19.6 Å². The lowest BCUT2D eigenvalue weighted by atomic mass is 10.1. The molecule has 0 fully saturated rings. The zero-order valence-electron chi connectivity index (χ0n) is 16.5. The molecule has 1 aromatic heterocycles. The van der Waals surface area contributed by atoms with Gasteiger partial charge >= 0.3 is 5.97 Å². The fourth-order valence-corrected chi connectivity index (χ4v) is 3.34. The molecule has 3 aromatic carbocycles. The molecule has 0 amide bonds. The van der Waals surface area contributed by atoms with Crippen LogP contribution in [-0.2, 0) is 13.2 Å². The van der Waals surface area contributed by atoms with Crippen molar-refractivity contribution in [3.63, 3.8) is 0 Å². The molecular weight excluding hydrogens is 423 g/mol. The molecule has 0 aliphatic carbocycles. The van der Waals surface area contributed by atoms with Gasteiger partial charge in [0.15, 0.2) is 11.5 Å². The van der Waals surface area contributed by atoms with Crippen LogP contribution in [0.15, 0.2) is 54.6 Å². The predicted molar refractivity (Wildman–Crippen MR) is 114 cm³/mol. The average molecular weight is 441 g/mol. The van der Waals surface area contributed by atoms with Crippen molar-refractivity contribution >= 4 is 28.6 Å². The molecule has 0 aliphatic heterocycles. The van der Waals surface area contributed by atoms with E-state index in [0.717, 1.165) is 11.1 Å². The van der Waals surface area contributed by atoms with Crippen molar-refractivity contribution in [1.82, 2.24) is 9.97 Å². The van der Waals surface area contributed by atoms with Crippen LogP contribution < -0.4 is 9.47 Å². The van der Waals surface area contributed by atoms with Crippen LogP contribution in [0.5, 0.6) is 11.5 Å². The number of imidazole rings is 1. The van der Waals surface area contributed by atoms with Crippen molar-refractivity contribution < 1.29 is 23.8 Å². The number of aromatic nitrogens is 2. The van der Waals surface area contributed by atoms with Crippen LogP contribution in [0.2, 0.25) is 5.02 Å². The third-order valence-corrected chi connectivity index (χ3v) is 4.99. The van der Waals surface area contributed by atoms with Crippen molar-refractivity contribution in [2.45, 2.75) is 20.1 Å². The summed E-state index contributed by atoms with van der Waals surface area (Å²) in [5.74, 6) is -0.337. The summed E-state index contributed by atoms with van der Waals surface area (Å²) in [5, 5.41) is 9.87. The molecule has 0 spiro atoms. The zero-order valence-corrected chi connectivity index (χ0v) is 17.2. The Morgan fingerprint density at radius 3 is 2.65 bits per heavy atom. The van der Waals surface area contributed by atoms with Gasteiger partial charge in [0.2, 0.25) is 0 Å². The van der Waals surface area contributed by atoms with Crippen LogP contribution in [-0.4, -0.2) is 21.0 Å². The van der Waals surface area contributed by atoms with Gasteiger partial charge in [0.25, 0.3) is 0 Å². The smallest absolute Gasteiger partial charge is 0.335 e. The number of fused-ring (bicyclic) bond motifs is 1. The molecule has 4 rings (SSSR count). The van der Waals surface area contributed by atoms with Gasteiger partial charge in [-0.1, -0.05) is 23.7 Å². The third kappa shape index (κ3) is 4.78. The normalized spacial score (nSPS) is 10.9. The highest BCUT2D eigenvalue weighted by Crippen LogP contribution is 2.31. The number of carbonyl (C=O) groups is 1. The SMILES string of the molecule is Cc1ccc(COc2cc(C(=O)O)ccc2OCc2nc3ccc(F)cc3[nH]2)c(Cl)c1. The Hall–Kier alpha value is -3.58. The number of nitrogens with zero attached hydrogens (tertiary/aromatic N) is 1. The Balaban J connectivity index is 1.54. The summed E-state index contributed by atoms with van der Waals surface area (Å²) in [6.45, 7) is 2.14. The predicted octanol–water partition coefficient (Wildman–Crippen LogP) is 5.52. The highest BCUT2D eigenvalue weighted by atomic mass is 35.5. The number of nitrogens with one attached hydrogen (secondary N) is 1. The van der Waals surface area contributed by atoms with Gasteiger partial charge in [-0.3, -0.25) is 0 Å². The van der Waals surface area contributed by atoms with Crippen molar-refractivity contribution in [1.29, 1.82) is 0 Å². The molecule has 0 bridgehead atoms. The van der Waals surface area contributed by atoms with Gasteiger partial charge in [-0.25, -0.2) is 14.2 Å². The first-order chi connectivity index (χ1) is 14.9. The summed E-state index contributed by atoms with van der Waals surface area (Å²) in [7, 11) is 0. The fourth-order valence-electron chi connectivity index (χ4n) is 3.05. The highest BCUT2D eigenvalue weighted by molar-refractivity contribution is 6.31. The summed E-state index contributed by atoms with van der Waals surface area (Å²) in [4.78, 5) is 18.7. The van der Waals surface area contributed by atoms with Gasteiger partial charge in [0.1, 0.15) is 24.9 Å². The van der Waals surface area contributed by atoms with E-state index >= 15 is 0 Å². The molecule has 158 valence electrons. The van der Waals surface area contributed by atoms with Gasteiger partial charge in [-0.15, -0.1) is 0 Å². The van der Waals surface area contributed by atoms with E-state index in [4.69, 9.17) is 21.1 Å².